The van der Waals surface area contributed by atoms with E-state index in [4.69, 9.17) is 23.7 Å². The molecular formula is C26H36O12. The van der Waals surface area contributed by atoms with E-state index in [-0.39, 0.29) is 17.9 Å². The Balaban J connectivity index is 1.50. The topological polar surface area (TPSA) is 185 Å². The summed E-state index contributed by atoms with van der Waals surface area (Å²) in [6.45, 7) is 1.63. The maximum atomic E-state index is 12.5. The Hall–Kier alpha value is -2.13. The van der Waals surface area contributed by atoms with E-state index >= 15 is 0 Å². The Morgan fingerprint density at radius 1 is 1.03 bits per heavy atom. The minimum atomic E-state index is -1.65. The van der Waals surface area contributed by atoms with Crippen molar-refractivity contribution in [2.75, 3.05) is 19.8 Å². The third kappa shape index (κ3) is 6.36. The average molecular weight is 541 g/mol. The molecule has 1 aromatic carbocycles. The van der Waals surface area contributed by atoms with Gasteiger partial charge in [0.05, 0.1) is 18.3 Å². The number of carbonyl (C=O) groups excluding carboxylic acids is 1. The van der Waals surface area contributed by atoms with Crippen molar-refractivity contribution in [1.82, 2.24) is 0 Å². The van der Waals surface area contributed by atoms with Gasteiger partial charge in [0.15, 0.2) is 18.9 Å². The van der Waals surface area contributed by atoms with Crippen molar-refractivity contribution in [2.45, 2.75) is 75.6 Å². The molecule has 2 aliphatic heterocycles. The number of hydrogen-bond donors (Lipinski definition) is 6. The molecule has 12 heteroatoms. The molecule has 0 radical (unpaired) electrons. The number of carbonyl (C=O) groups is 1. The van der Waals surface area contributed by atoms with Gasteiger partial charge in [0.25, 0.3) is 0 Å². The second-order valence-corrected chi connectivity index (χ2v) is 9.77. The van der Waals surface area contributed by atoms with Gasteiger partial charge >= 0.3 is 5.97 Å². The highest BCUT2D eigenvalue weighted by Gasteiger charge is 2.51. The standard InChI is InChI=1S/C26H36O12/c1-2-3-8-34-19-10-16-17(29)9-14(12-35-24(33)13-4-6-15(28)7-5-13)20(16)25(37-19)38-26-23(32)22(31)21(30)18(11-27)36-26/h4-7,9,16-23,25-32H,2-3,8,10-12H2,1H3/t16-,17+,18+,19-,20+,21+,22-,23+,25-,26-/m0/s1. The van der Waals surface area contributed by atoms with Crippen molar-refractivity contribution in [1.29, 1.82) is 0 Å². The molecule has 3 aliphatic rings. The lowest BCUT2D eigenvalue weighted by molar-refractivity contribution is -0.374. The van der Waals surface area contributed by atoms with Gasteiger partial charge in [-0.2, -0.15) is 0 Å². The summed E-state index contributed by atoms with van der Waals surface area (Å²) in [5, 5.41) is 60.6. The van der Waals surface area contributed by atoms with E-state index in [0.29, 0.717) is 18.6 Å². The number of aliphatic hydroxyl groups is 5. The number of unbranched alkanes of at least 4 members (excludes halogenated alkanes) is 1. The predicted octanol–water partition coefficient (Wildman–Crippen LogP) is -0.212. The first-order chi connectivity index (χ1) is 18.2. The number of ether oxygens (including phenoxy) is 5. The summed E-state index contributed by atoms with van der Waals surface area (Å²) in [5.74, 6) is -1.66. The van der Waals surface area contributed by atoms with Gasteiger partial charge in [-0.25, -0.2) is 4.79 Å². The van der Waals surface area contributed by atoms with Crippen LogP contribution in [0.4, 0.5) is 0 Å². The van der Waals surface area contributed by atoms with Gasteiger partial charge in [0, 0.05) is 24.9 Å². The molecule has 1 aromatic rings. The molecule has 0 bridgehead atoms. The second-order valence-electron chi connectivity index (χ2n) is 9.77. The molecule has 6 N–H and O–H groups in total. The van der Waals surface area contributed by atoms with Crippen LogP contribution in [-0.2, 0) is 23.7 Å². The molecule has 2 heterocycles. The monoisotopic (exact) mass is 540 g/mol. The Labute approximate surface area is 220 Å². The number of benzene rings is 1. The normalized spacial score (nSPS) is 36.9. The molecule has 10 atom stereocenters. The van der Waals surface area contributed by atoms with Gasteiger partial charge in [-0.3, -0.25) is 0 Å². The summed E-state index contributed by atoms with van der Waals surface area (Å²) in [6, 6.07) is 5.57. The van der Waals surface area contributed by atoms with Crippen LogP contribution >= 0.6 is 0 Å². The van der Waals surface area contributed by atoms with Crippen LogP contribution in [0.2, 0.25) is 0 Å². The lowest BCUT2D eigenvalue weighted by Crippen LogP contribution is -2.60. The molecule has 0 spiro atoms. The van der Waals surface area contributed by atoms with Crippen LogP contribution in [0.1, 0.15) is 36.5 Å². The highest BCUT2D eigenvalue weighted by atomic mass is 16.8. The molecule has 2 saturated heterocycles. The van der Waals surface area contributed by atoms with Gasteiger partial charge in [-0.15, -0.1) is 0 Å². The smallest absolute Gasteiger partial charge is 0.338 e. The maximum Gasteiger partial charge on any atom is 0.338 e. The van der Waals surface area contributed by atoms with Crippen molar-refractivity contribution in [3.63, 3.8) is 0 Å². The molecule has 0 aromatic heterocycles. The SMILES string of the molecule is CCCCO[C@@H]1C[C@@H]2[C@@H](C(COC(=O)c3ccc(O)cc3)=C[C@H]2O)[C@H](O[C@@H]2O[C@H](CO)[C@@H](O)[C@H](O)[C@H]2O)O1. The van der Waals surface area contributed by atoms with Gasteiger partial charge in [0.1, 0.15) is 36.8 Å². The Morgan fingerprint density at radius 2 is 1.76 bits per heavy atom. The minimum absolute atomic E-state index is 0.00858. The largest absolute Gasteiger partial charge is 0.508 e. The van der Waals surface area contributed by atoms with E-state index in [0.717, 1.165) is 12.8 Å². The van der Waals surface area contributed by atoms with Crippen molar-refractivity contribution in [2.24, 2.45) is 11.8 Å². The zero-order chi connectivity index (χ0) is 27.4. The molecule has 12 nitrogen and oxygen atoms in total. The van der Waals surface area contributed by atoms with Crippen LogP contribution in [0.3, 0.4) is 0 Å². The van der Waals surface area contributed by atoms with E-state index < -0.39 is 73.8 Å². The van der Waals surface area contributed by atoms with E-state index in [9.17, 15) is 35.4 Å². The van der Waals surface area contributed by atoms with Crippen molar-refractivity contribution < 1.29 is 59.1 Å². The minimum Gasteiger partial charge on any atom is -0.508 e. The van der Waals surface area contributed by atoms with Crippen LogP contribution in [-0.4, -0.2) is 106 Å². The molecule has 38 heavy (non-hydrogen) atoms. The van der Waals surface area contributed by atoms with Crippen molar-refractivity contribution >= 4 is 5.97 Å². The number of phenolic OH excluding ortho intramolecular Hbond substituents is 1. The van der Waals surface area contributed by atoms with Crippen molar-refractivity contribution in [3.05, 3.63) is 41.5 Å². The quantitative estimate of drug-likeness (QED) is 0.131. The highest BCUT2D eigenvalue weighted by molar-refractivity contribution is 5.89. The summed E-state index contributed by atoms with van der Waals surface area (Å²) in [4.78, 5) is 12.5. The van der Waals surface area contributed by atoms with Crippen LogP contribution in [0, 0.1) is 11.8 Å². The first-order valence-corrected chi connectivity index (χ1v) is 12.8. The fraction of sp³-hybridized carbons (Fsp3) is 0.654. The molecule has 0 amide bonds. The summed E-state index contributed by atoms with van der Waals surface area (Å²) >= 11 is 0. The molecule has 1 aliphatic carbocycles. The van der Waals surface area contributed by atoms with E-state index in [1.165, 1.54) is 24.3 Å². The van der Waals surface area contributed by atoms with Crippen molar-refractivity contribution in [3.8, 4) is 5.75 Å². The van der Waals surface area contributed by atoms with E-state index in [2.05, 4.69) is 0 Å². The molecule has 4 rings (SSSR count). The number of phenols is 1. The molecule has 212 valence electrons. The van der Waals surface area contributed by atoms with Crippen LogP contribution in [0.25, 0.3) is 0 Å². The summed E-state index contributed by atoms with van der Waals surface area (Å²) < 4.78 is 28.8. The Kier molecular flexibility index (Phi) is 9.74. The average Bonchev–Trinajstić information content (AvgIpc) is 3.23. The van der Waals surface area contributed by atoms with E-state index in [1.807, 2.05) is 6.92 Å². The molecule has 0 unspecified atom stereocenters. The maximum absolute atomic E-state index is 12.5. The lowest BCUT2D eigenvalue weighted by Gasteiger charge is -2.45. The third-order valence-corrected chi connectivity index (χ3v) is 7.15. The fourth-order valence-electron chi connectivity index (χ4n) is 4.99. The zero-order valence-corrected chi connectivity index (χ0v) is 21.0. The number of rotatable bonds is 10. The molecule has 2 fully saturated rings. The zero-order valence-electron chi connectivity index (χ0n) is 21.0. The Bertz CT molecular complexity index is 950. The van der Waals surface area contributed by atoms with Gasteiger partial charge in [-0.05, 0) is 36.3 Å². The summed E-state index contributed by atoms with van der Waals surface area (Å²) in [6.07, 6.45) is -6.68. The highest BCUT2D eigenvalue weighted by Crippen LogP contribution is 2.44. The summed E-state index contributed by atoms with van der Waals surface area (Å²) in [7, 11) is 0. The van der Waals surface area contributed by atoms with Crippen LogP contribution in [0.5, 0.6) is 5.75 Å². The number of aliphatic hydroxyl groups excluding tert-OH is 5. The van der Waals surface area contributed by atoms with Gasteiger partial charge in [-0.1, -0.05) is 19.4 Å². The van der Waals surface area contributed by atoms with Gasteiger partial charge < -0.3 is 54.3 Å². The Morgan fingerprint density at radius 3 is 2.45 bits per heavy atom. The first kappa shape index (κ1) is 28.9. The van der Waals surface area contributed by atoms with E-state index in [1.54, 1.807) is 6.08 Å². The number of hydrogen-bond acceptors (Lipinski definition) is 12. The number of fused-ring (bicyclic) bond motifs is 1. The lowest BCUT2D eigenvalue weighted by atomic mass is 9.84. The van der Waals surface area contributed by atoms with Crippen LogP contribution in [0.15, 0.2) is 35.9 Å². The third-order valence-electron chi connectivity index (χ3n) is 7.15. The first-order valence-electron chi connectivity index (χ1n) is 12.8. The second kappa shape index (κ2) is 12.8. The fourth-order valence-corrected chi connectivity index (χ4v) is 4.99. The molecule has 0 saturated carbocycles. The number of aromatic hydroxyl groups is 1. The van der Waals surface area contributed by atoms with Gasteiger partial charge in [0.2, 0.25) is 0 Å². The van der Waals surface area contributed by atoms with Crippen LogP contribution < -0.4 is 0 Å². The predicted molar refractivity (Wildman–Crippen MR) is 128 cm³/mol. The number of esters is 1. The molecular weight excluding hydrogens is 504 g/mol. The summed E-state index contributed by atoms with van der Waals surface area (Å²) in [5.41, 5.74) is 0.758.